The Bertz CT molecular complexity index is 311. The molecule has 3 unspecified atom stereocenters. The first-order valence-corrected chi connectivity index (χ1v) is 6.68. The smallest absolute Gasteiger partial charge is 0.244 e. The molecule has 1 amide bonds. The van der Waals surface area contributed by atoms with E-state index in [2.05, 4.69) is 24.1 Å². The van der Waals surface area contributed by atoms with Gasteiger partial charge < -0.3 is 4.90 Å². The lowest BCUT2D eigenvalue weighted by molar-refractivity contribution is -0.133. The van der Waals surface area contributed by atoms with E-state index >= 15 is 0 Å². The summed E-state index contributed by atoms with van der Waals surface area (Å²) in [5.74, 6) is 1.90. The lowest BCUT2D eigenvalue weighted by atomic mass is 9.79. The molecule has 3 heteroatoms. The van der Waals surface area contributed by atoms with Gasteiger partial charge in [-0.2, -0.15) is 0 Å². The van der Waals surface area contributed by atoms with Crippen LogP contribution in [0.5, 0.6) is 0 Å². The van der Waals surface area contributed by atoms with E-state index in [-0.39, 0.29) is 5.54 Å². The molecule has 1 spiro atoms. The van der Waals surface area contributed by atoms with Crippen molar-refractivity contribution in [2.45, 2.75) is 57.5 Å². The molecule has 16 heavy (non-hydrogen) atoms. The summed E-state index contributed by atoms with van der Waals surface area (Å²) in [5, 5.41) is 3.41. The van der Waals surface area contributed by atoms with Crippen LogP contribution in [0.3, 0.4) is 0 Å². The number of carbonyl (C=O) groups is 1. The predicted octanol–water partition coefficient (Wildman–Crippen LogP) is 1.73. The van der Waals surface area contributed by atoms with Gasteiger partial charge in [0.25, 0.3) is 0 Å². The summed E-state index contributed by atoms with van der Waals surface area (Å²) >= 11 is 0. The highest BCUT2D eigenvalue weighted by Crippen LogP contribution is 2.43. The van der Waals surface area contributed by atoms with Crippen LogP contribution in [0.25, 0.3) is 0 Å². The highest BCUT2D eigenvalue weighted by molar-refractivity contribution is 5.91. The topological polar surface area (TPSA) is 32.3 Å². The Labute approximate surface area is 97.6 Å². The van der Waals surface area contributed by atoms with Crippen LogP contribution in [-0.4, -0.2) is 29.1 Å². The van der Waals surface area contributed by atoms with Crippen molar-refractivity contribution in [3.63, 3.8) is 0 Å². The number of hydrogen-bond acceptors (Lipinski definition) is 2. The summed E-state index contributed by atoms with van der Waals surface area (Å²) < 4.78 is 0. The fourth-order valence-electron chi connectivity index (χ4n) is 3.55. The van der Waals surface area contributed by atoms with Crippen molar-refractivity contribution in [3.8, 4) is 0 Å². The number of rotatable bonds is 1. The third-order valence-electron chi connectivity index (χ3n) is 4.79. The monoisotopic (exact) mass is 222 g/mol. The molecule has 2 aliphatic carbocycles. The van der Waals surface area contributed by atoms with Crippen molar-refractivity contribution in [2.75, 3.05) is 6.67 Å². The lowest BCUT2D eigenvalue weighted by Crippen LogP contribution is -2.45. The minimum Gasteiger partial charge on any atom is -0.325 e. The standard InChI is InChI=1S/C13H22N2O/c1-9-3-4-11(10(2)7-9)15-8-14-13(5-6-13)12(15)16/h9-11,14H,3-8H2,1-2H3. The van der Waals surface area contributed by atoms with Gasteiger partial charge in [-0.05, 0) is 43.9 Å². The van der Waals surface area contributed by atoms with Gasteiger partial charge in [-0.15, -0.1) is 0 Å². The Morgan fingerprint density at radius 2 is 2.06 bits per heavy atom. The average Bonchev–Trinajstić information content (AvgIpc) is 2.95. The molecule has 3 fully saturated rings. The van der Waals surface area contributed by atoms with E-state index < -0.39 is 0 Å². The van der Waals surface area contributed by atoms with Crippen LogP contribution in [0.2, 0.25) is 0 Å². The second kappa shape index (κ2) is 3.46. The van der Waals surface area contributed by atoms with Crippen molar-refractivity contribution >= 4 is 5.91 Å². The van der Waals surface area contributed by atoms with Gasteiger partial charge >= 0.3 is 0 Å². The zero-order chi connectivity index (χ0) is 11.3. The van der Waals surface area contributed by atoms with Crippen molar-refractivity contribution < 1.29 is 4.79 Å². The summed E-state index contributed by atoms with van der Waals surface area (Å²) in [7, 11) is 0. The van der Waals surface area contributed by atoms with Crippen LogP contribution in [0.15, 0.2) is 0 Å². The summed E-state index contributed by atoms with van der Waals surface area (Å²) in [5.41, 5.74) is -0.108. The SMILES string of the molecule is CC1CCC(N2CNC3(CC3)C2=O)C(C)C1. The largest absolute Gasteiger partial charge is 0.325 e. The first-order chi connectivity index (χ1) is 7.62. The van der Waals surface area contributed by atoms with E-state index in [1.165, 1.54) is 19.3 Å². The molecule has 90 valence electrons. The second-order valence-electron chi connectivity index (χ2n) is 6.15. The molecule has 3 aliphatic rings. The van der Waals surface area contributed by atoms with Crippen LogP contribution in [0, 0.1) is 11.8 Å². The van der Waals surface area contributed by atoms with Gasteiger partial charge in [-0.25, -0.2) is 0 Å². The molecule has 0 radical (unpaired) electrons. The van der Waals surface area contributed by atoms with E-state index in [4.69, 9.17) is 0 Å². The summed E-state index contributed by atoms with van der Waals surface area (Å²) in [6, 6.07) is 0.496. The normalized spacial score (nSPS) is 41.8. The van der Waals surface area contributed by atoms with Crippen LogP contribution in [0.4, 0.5) is 0 Å². The summed E-state index contributed by atoms with van der Waals surface area (Å²) in [6.07, 6.45) is 5.87. The van der Waals surface area contributed by atoms with Crippen LogP contribution < -0.4 is 5.32 Å². The van der Waals surface area contributed by atoms with Crippen molar-refractivity contribution in [3.05, 3.63) is 0 Å². The van der Waals surface area contributed by atoms with Crippen molar-refractivity contribution in [1.29, 1.82) is 0 Å². The quantitative estimate of drug-likeness (QED) is 0.733. The zero-order valence-electron chi connectivity index (χ0n) is 10.3. The number of hydrogen-bond donors (Lipinski definition) is 1. The molecule has 0 aromatic rings. The molecule has 3 rings (SSSR count). The Hall–Kier alpha value is -0.570. The Morgan fingerprint density at radius 1 is 1.31 bits per heavy atom. The molecule has 1 N–H and O–H groups in total. The van der Waals surface area contributed by atoms with E-state index in [0.717, 1.165) is 25.4 Å². The maximum atomic E-state index is 12.3. The zero-order valence-corrected chi connectivity index (χ0v) is 10.3. The highest BCUT2D eigenvalue weighted by atomic mass is 16.2. The number of nitrogens with zero attached hydrogens (tertiary/aromatic N) is 1. The molecule has 0 bridgehead atoms. The summed E-state index contributed by atoms with van der Waals surface area (Å²) in [6.45, 7) is 5.44. The molecule has 2 saturated carbocycles. The molecule has 0 aromatic carbocycles. The second-order valence-corrected chi connectivity index (χ2v) is 6.15. The van der Waals surface area contributed by atoms with Gasteiger partial charge in [0.2, 0.25) is 5.91 Å². The van der Waals surface area contributed by atoms with E-state index in [9.17, 15) is 4.79 Å². The third kappa shape index (κ3) is 1.48. The lowest BCUT2D eigenvalue weighted by Gasteiger charge is -2.38. The Kier molecular flexibility index (Phi) is 2.29. The molecule has 0 aromatic heterocycles. The highest BCUT2D eigenvalue weighted by Gasteiger charge is 2.57. The fraction of sp³-hybridized carbons (Fsp3) is 0.923. The minimum absolute atomic E-state index is 0.108. The van der Waals surface area contributed by atoms with E-state index in [1.807, 2.05) is 0 Å². The molecule has 3 atom stereocenters. The van der Waals surface area contributed by atoms with Crippen LogP contribution in [-0.2, 0) is 4.79 Å². The van der Waals surface area contributed by atoms with E-state index in [1.54, 1.807) is 0 Å². The number of carbonyl (C=O) groups excluding carboxylic acids is 1. The van der Waals surface area contributed by atoms with Gasteiger partial charge in [0.15, 0.2) is 0 Å². The fourth-order valence-corrected chi connectivity index (χ4v) is 3.55. The van der Waals surface area contributed by atoms with Gasteiger partial charge in [0, 0.05) is 6.04 Å². The predicted molar refractivity (Wildman–Crippen MR) is 62.8 cm³/mol. The van der Waals surface area contributed by atoms with Gasteiger partial charge in [0.1, 0.15) is 0 Å². The minimum atomic E-state index is -0.108. The maximum Gasteiger partial charge on any atom is 0.244 e. The number of amides is 1. The Morgan fingerprint density at radius 3 is 2.62 bits per heavy atom. The van der Waals surface area contributed by atoms with Gasteiger partial charge in [-0.3, -0.25) is 10.1 Å². The third-order valence-corrected chi connectivity index (χ3v) is 4.79. The molecule has 3 nitrogen and oxygen atoms in total. The molecular formula is C13H22N2O. The van der Waals surface area contributed by atoms with Gasteiger partial charge in [-0.1, -0.05) is 13.8 Å². The molecule has 1 aliphatic heterocycles. The maximum absolute atomic E-state index is 12.3. The van der Waals surface area contributed by atoms with Crippen LogP contribution >= 0.6 is 0 Å². The first kappa shape index (κ1) is 10.6. The molecule has 1 saturated heterocycles. The average molecular weight is 222 g/mol. The van der Waals surface area contributed by atoms with Crippen molar-refractivity contribution in [2.24, 2.45) is 11.8 Å². The van der Waals surface area contributed by atoms with E-state index in [0.29, 0.717) is 17.9 Å². The molecular weight excluding hydrogens is 200 g/mol. The summed E-state index contributed by atoms with van der Waals surface area (Å²) in [4.78, 5) is 14.4. The van der Waals surface area contributed by atoms with Crippen molar-refractivity contribution in [1.82, 2.24) is 10.2 Å². The first-order valence-electron chi connectivity index (χ1n) is 6.68. The Balaban J connectivity index is 1.71. The van der Waals surface area contributed by atoms with Gasteiger partial charge in [0.05, 0.1) is 12.2 Å². The van der Waals surface area contributed by atoms with Crippen LogP contribution in [0.1, 0.15) is 46.0 Å². The number of nitrogens with one attached hydrogen (secondary N) is 1. The molecule has 1 heterocycles.